The second kappa shape index (κ2) is 5.05. The monoisotopic (exact) mass is 294 g/mol. The predicted octanol–water partition coefficient (Wildman–Crippen LogP) is 3.05. The average molecular weight is 295 g/mol. The fourth-order valence-electron chi connectivity index (χ4n) is 2.46. The van der Waals surface area contributed by atoms with Gasteiger partial charge in [-0.15, -0.1) is 0 Å². The lowest BCUT2D eigenvalue weighted by Crippen LogP contribution is -2.43. The maximum absolute atomic E-state index is 12.0. The Morgan fingerprint density at radius 3 is 2.75 bits per heavy atom. The van der Waals surface area contributed by atoms with Crippen LogP contribution in [0.5, 0.6) is 0 Å². The molecule has 0 radical (unpaired) electrons. The van der Waals surface area contributed by atoms with Crippen molar-refractivity contribution in [2.75, 3.05) is 6.54 Å². The number of fused-ring (bicyclic) bond motifs is 1. The van der Waals surface area contributed by atoms with Gasteiger partial charge in [-0.1, -0.05) is 20.8 Å². The van der Waals surface area contributed by atoms with E-state index in [1.54, 1.807) is 0 Å². The molecule has 1 atom stereocenters. The lowest BCUT2D eigenvalue weighted by molar-refractivity contribution is 0.0882. The van der Waals surface area contributed by atoms with Crippen molar-refractivity contribution in [3.8, 4) is 0 Å². The van der Waals surface area contributed by atoms with Crippen molar-refractivity contribution in [1.82, 2.24) is 9.88 Å². The van der Waals surface area contributed by atoms with Crippen molar-refractivity contribution >= 4 is 35.3 Å². The molecule has 0 saturated heterocycles. The third kappa shape index (κ3) is 2.50. The highest BCUT2D eigenvalue weighted by atomic mass is 35.5. The van der Waals surface area contributed by atoms with Crippen molar-refractivity contribution < 1.29 is 4.79 Å². The topological polar surface area (TPSA) is 58.8 Å². The average Bonchev–Trinajstić information content (AvgIpc) is 2.67. The largest absolute Gasteiger partial charge is 0.349 e. The Bertz CT molecular complexity index is 595. The third-order valence-corrected chi connectivity index (χ3v) is 3.73. The van der Waals surface area contributed by atoms with Crippen LogP contribution >= 0.6 is 11.6 Å². The maximum Gasteiger partial charge on any atom is 0.268 e. The number of aliphatic imine (C=N–C) groups is 2. The molecule has 1 aromatic rings. The molecule has 1 N–H and O–H groups in total. The summed E-state index contributed by atoms with van der Waals surface area (Å²) in [6, 6.07) is 1.94. The summed E-state index contributed by atoms with van der Waals surface area (Å²) >= 11 is 5.88. The van der Waals surface area contributed by atoms with Crippen LogP contribution in [0, 0.1) is 12.3 Å². The van der Waals surface area contributed by atoms with Gasteiger partial charge in [-0.2, -0.15) is 0 Å². The van der Waals surface area contributed by atoms with E-state index in [0.29, 0.717) is 18.1 Å². The minimum atomic E-state index is -0.0854. The first-order chi connectivity index (χ1) is 9.25. The summed E-state index contributed by atoms with van der Waals surface area (Å²) in [6.07, 6.45) is 0. The highest BCUT2D eigenvalue weighted by Gasteiger charge is 2.35. The molecule has 2 heterocycles. The van der Waals surface area contributed by atoms with Crippen LogP contribution in [0.3, 0.4) is 0 Å². The third-order valence-electron chi connectivity index (χ3n) is 3.52. The number of rotatable bonds is 1. The highest BCUT2D eigenvalue weighted by Crippen LogP contribution is 2.39. The lowest BCUT2D eigenvalue weighted by atomic mass is 9.85. The van der Waals surface area contributed by atoms with Crippen LogP contribution in [0.15, 0.2) is 16.1 Å². The SMILES string of the molecule is C=N/C(Cl)=N\c1c(C)cc2n1[C@@H](C(C)(C)C)CNC2=O. The van der Waals surface area contributed by atoms with E-state index >= 15 is 0 Å². The molecule has 6 heteroatoms. The zero-order valence-corrected chi connectivity index (χ0v) is 13.0. The number of carbonyl (C=O) groups excluding carboxylic acids is 1. The second-order valence-corrected chi connectivity index (χ2v) is 6.38. The van der Waals surface area contributed by atoms with Gasteiger partial charge < -0.3 is 9.88 Å². The van der Waals surface area contributed by atoms with E-state index in [-0.39, 0.29) is 22.7 Å². The Balaban J connectivity index is 2.67. The minimum absolute atomic E-state index is 0.0216. The summed E-state index contributed by atoms with van der Waals surface area (Å²) in [5, 5.41) is 3.00. The van der Waals surface area contributed by atoms with Gasteiger partial charge in [0.25, 0.3) is 5.91 Å². The Morgan fingerprint density at radius 2 is 2.20 bits per heavy atom. The molecule has 2 rings (SSSR count). The molecule has 5 nitrogen and oxygen atoms in total. The zero-order chi connectivity index (χ0) is 15.1. The molecule has 20 heavy (non-hydrogen) atoms. The normalized spacial score (nSPS) is 19.6. The number of amides is 1. The predicted molar refractivity (Wildman–Crippen MR) is 82.5 cm³/mol. The number of aryl methyl sites for hydroxylation is 1. The number of halogens is 1. The molecule has 0 fully saturated rings. The van der Waals surface area contributed by atoms with Gasteiger partial charge in [0, 0.05) is 6.54 Å². The van der Waals surface area contributed by atoms with Gasteiger partial charge in [-0.3, -0.25) is 4.79 Å². The number of amidine groups is 1. The summed E-state index contributed by atoms with van der Waals surface area (Å²) in [5.41, 5.74) is 1.49. The van der Waals surface area contributed by atoms with E-state index in [1.165, 1.54) is 0 Å². The molecule has 0 saturated carbocycles. The first-order valence-corrected chi connectivity index (χ1v) is 6.84. The summed E-state index contributed by atoms with van der Waals surface area (Å²) in [6.45, 7) is 12.2. The molecular formula is C14H19ClN4O. The number of hydrogen-bond acceptors (Lipinski definition) is 2. The maximum atomic E-state index is 12.0. The molecule has 0 aromatic carbocycles. The van der Waals surface area contributed by atoms with Crippen LogP contribution in [0.25, 0.3) is 0 Å². The van der Waals surface area contributed by atoms with E-state index in [4.69, 9.17) is 11.6 Å². The van der Waals surface area contributed by atoms with Gasteiger partial charge >= 0.3 is 0 Å². The van der Waals surface area contributed by atoms with Crippen molar-refractivity contribution in [1.29, 1.82) is 0 Å². The van der Waals surface area contributed by atoms with Gasteiger partial charge in [-0.05, 0) is 42.3 Å². The standard InChI is InChI=1S/C14H19ClN4O/c1-8-6-9-12(20)17-7-10(14(2,3)4)19(9)11(8)18-13(15)16-5/h6,10H,5,7H2,1-4H3,(H,17,20)/b18-13-/t10-/m1/s1. The van der Waals surface area contributed by atoms with Crippen LogP contribution in [0.2, 0.25) is 0 Å². The van der Waals surface area contributed by atoms with Crippen molar-refractivity contribution in [2.45, 2.75) is 33.7 Å². The highest BCUT2D eigenvalue weighted by molar-refractivity contribution is 6.65. The number of nitrogens with one attached hydrogen (secondary N) is 1. The molecule has 1 amide bonds. The quantitative estimate of drug-likeness (QED) is 0.483. The molecule has 1 aliphatic heterocycles. The van der Waals surface area contributed by atoms with Gasteiger partial charge in [0.1, 0.15) is 11.5 Å². The molecule has 0 bridgehead atoms. The Labute approximate surface area is 123 Å². The molecular weight excluding hydrogens is 276 g/mol. The summed E-state index contributed by atoms with van der Waals surface area (Å²) < 4.78 is 1.96. The summed E-state index contributed by atoms with van der Waals surface area (Å²) in [5.74, 6) is 0.588. The Morgan fingerprint density at radius 1 is 1.55 bits per heavy atom. The van der Waals surface area contributed by atoms with E-state index in [1.807, 2.05) is 17.6 Å². The van der Waals surface area contributed by atoms with Gasteiger partial charge in [0.2, 0.25) is 5.29 Å². The van der Waals surface area contributed by atoms with E-state index in [9.17, 15) is 4.79 Å². The first kappa shape index (κ1) is 14.8. The minimum Gasteiger partial charge on any atom is -0.349 e. The molecule has 1 aliphatic rings. The van der Waals surface area contributed by atoms with E-state index < -0.39 is 0 Å². The smallest absolute Gasteiger partial charge is 0.268 e. The molecule has 0 spiro atoms. The van der Waals surface area contributed by atoms with Crippen molar-refractivity contribution in [2.24, 2.45) is 15.4 Å². The zero-order valence-electron chi connectivity index (χ0n) is 12.2. The van der Waals surface area contributed by atoms with Crippen molar-refractivity contribution in [3.63, 3.8) is 0 Å². The number of carbonyl (C=O) groups is 1. The number of hydrogen-bond donors (Lipinski definition) is 1. The summed E-state index contributed by atoms with van der Waals surface area (Å²) in [7, 11) is 0. The first-order valence-electron chi connectivity index (χ1n) is 6.46. The molecule has 0 unspecified atom stereocenters. The number of nitrogens with zero attached hydrogens (tertiary/aromatic N) is 3. The fraction of sp³-hybridized carbons (Fsp3) is 0.500. The lowest BCUT2D eigenvalue weighted by Gasteiger charge is -2.37. The fourth-order valence-corrected chi connectivity index (χ4v) is 2.54. The Hall–Kier alpha value is -1.62. The van der Waals surface area contributed by atoms with E-state index in [0.717, 1.165) is 5.56 Å². The molecule has 1 aromatic heterocycles. The van der Waals surface area contributed by atoms with Crippen LogP contribution in [0.1, 0.15) is 42.9 Å². The second-order valence-electron chi connectivity index (χ2n) is 6.04. The Kier molecular flexibility index (Phi) is 3.73. The number of aromatic nitrogens is 1. The molecule has 0 aliphatic carbocycles. The van der Waals surface area contributed by atoms with Crippen LogP contribution in [-0.2, 0) is 0 Å². The van der Waals surface area contributed by atoms with Gasteiger partial charge in [0.05, 0.1) is 6.04 Å². The van der Waals surface area contributed by atoms with Crippen LogP contribution in [-0.4, -0.2) is 29.0 Å². The van der Waals surface area contributed by atoms with Crippen LogP contribution < -0.4 is 5.32 Å². The van der Waals surface area contributed by atoms with Gasteiger partial charge in [0.15, 0.2) is 0 Å². The molecule has 108 valence electrons. The summed E-state index contributed by atoms with van der Waals surface area (Å²) in [4.78, 5) is 19.9. The van der Waals surface area contributed by atoms with Crippen LogP contribution in [0.4, 0.5) is 5.82 Å². The van der Waals surface area contributed by atoms with Gasteiger partial charge in [-0.25, -0.2) is 9.98 Å². The van der Waals surface area contributed by atoms with Crippen molar-refractivity contribution in [3.05, 3.63) is 17.3 Å². The van der Waals surface area contributed by atoms with E-state index in [2.05, 4.69) is 42.8 Å².